The van der Waals surface area contributed by atoms with Crippen molar-refractivity contribution in [2.75, 3.05) is 67.2 Å². The molecule has 0 aliphatic carbocycles. The number of aryl methyl sites for hydroxylation is 2. The van der Waals surface area contributed by atoms with Crippen LogP contribution in [0.15, 0.2) is 115 Å². The lowest BCUT2D eigenvalue weighted by Crippen LogP contribution is -2.13. The van der Waals surface area contributed by atoms with Gasteiger partial charge in [-0.2, -0.15) is 13.2 Å². The van der Waals surface area contributed by atoms with Gasteiger partial charge in [0.1, 0.15) is 17.3 Å². The number of alkyl halides is 3. The number of halogens is 5. The Labute approximate surface area is 822 Å². The van der Waals surface area contributed by atoms with Gasteiger partial charge in [0.05, 0.1) is 82.5 Å². The van der Waals surface area contributed by atoms with Crippen LogP contribution in [0.1, 0.15) is 331 Å². The summed E-state index contributed by atoms with van der Waals surface area (Å²) in [7, 11) is 0. The second kappa shape index (κ2) is 77.2. The Bertz CT molecular complexity index is 4040. The van der Waals surface area contributed by atoms with Gasteiger partial charge in [0.25, 0.3) is 34.1 Å². The monoisotopic (exact) mass is 1990 g/mol. The largest absolute Gasteiger partial charge is 0.418 e. The molecule has 35 heteroatoms. The molecule has 6 atom stereocenters. The highest BCUT2D eigenvalue weighted by atomic mass is 32.2. The summed E-state index contributed by atoms with van der Waals surface area (Å²) >= 11 is 10.9. The van der Waals surface area contributed by atoms with E-state index in [9.17, 15) is 82.6 Å². The molecule has 0 aromatic heterocycles. The number of anilines is 6. The number of nitrogens with one attached hydrogen (secondary N) is 6. The first kappa shape index (κ1) is 124. The van der Waals surface area contributed by atoms with E-state index in [2.05, 4.69) is 159 Å². The Morgan fingerprint density at radius 3 is 0.858 bits per heavy atom. The number of nitro groups is 6. The molecule has 0 amide bonds. The number of thioether (sulfide) groups is 6. The molecule has 756 valence electrons. The maximum absolute atomic E-state index is 13.1. The number of rotatable bonds is 66. The molecule has 0 unspecified atom stereocenters. The van der Waals surface area contributed by atoms with Crippen molar-refractivity contribution in [2.24, 2.45) is 0 Å². The van der Waals surface area contributed by atoms with E-state index >= 15 is 0 Å². The van der Waals surface area contributed by atoms with Crippen molar-refractivity contribution in [3.05, 3.63) is 204 Å². The predicted molar refractivity (Wildman–Crippen MR) is 566 cm³/mol. The van der Waals surface area contributed by atoms with Gasteiger partial charge in [-0.25, -0.2) is 8.78 Å². The number of hydrogen-bond acceptors (Lipinski definition) is 24. The number of hydrogen-bond donors (Lipinski definition) is 6. The molecule has 6 rings (SSSR count). The van der Waals surface area contributed by atoms with E-state index in [1.165, 1.54) is 232 Å². The van der Waals surface area contributed by atoms with Gasteiger partial charge in [-0.05, 0) is 151 Å². The summed E-state index contributed by atoms with van der Waals surface area (Å²) in [5, 5.41) is 87.2. The molecule has 0 spiro atoms. The molecule has 24 nitrogen and oxygen atoms in total. The summed E-state index contributed by atoms with van der Waals surface area (Å²) in [6.07, 6.45) is 40.0. The van der Waals surface area contributed by atoms with Crippen molar-refractivity contribution in [1.29, 1.82) is 0 Å². The number of benzene rings is 6. The van der Waals surface area contributed by atoms with Crippen molar-refractivity contribution >= 4 is 139 Å². The van der Waals surface area contributed by atoms with Crippen LogP contribution in [-0.4, -0.2) is 96.3 Å². The lowest BCUT2D eigenvalue weighted by atomic mass is 10.1. The van der Waals surface area contributed by atoms with Crippen molar-refractivity contribution in [2.45, 2.75) is 366 Å². The van der Waals surface area contributed by atoms with E-state index in [1.54, 1.807) is 47.4 Å². The average Bonchev–Trinajstić information content (AvgIpc) is 0.814. The minimum absolute atomic E-state index is 0.121. The molecule has 0 bridgehead atoms. The number of nitrogens with zero attached hydrogens (tertiary/aromatic N) is 6. The van der Waals surface area contributed by atoms with E-state index in [-0.39, 0.29) is 39.0 Å². The van der Waals surface area contributed by atoms with Crippen LogP contribution >= 0.6 is 70.6 Å². The highest BCUT2D eigenvalue weighted by Gasteiger charge is 2.35. The van der Waals surface area contributed by atoms with Crippen LogP contribution in [0, 0.1) is 86.2 Å². The zero-order valence-electron chi connectivity index (χ0n) is 82.1. The summed E-state index contributed by atoms with van der Waals surface area (Å²) in [6.45, 7) is 30.7. The molecule has 134 heavy (non-hydrogen) atoms. The summed E-state index contributed by atoms with van der Waals surface area (Å²) in [4.78, 5) is 61.1. The van der Waals surface area contributed by atoms with E-state index in [4.69, 9.17) is 0 Å². The molecule has 6 N–H and O–H groups in total. The van der Waals surface area contributed by atoms with Crippen LogP contribution in [0.2, 0.25) is 0 Å². The van der Waals surface area contributed by atoms with Gasteiger partial charge < -0.3 is 31.9 Å². The van der Waals surface area contributed by atoms with Gasteiger partial charge >= 0.3 is 6.18 Å². The van der Waals surface area contributed by atoms with Gasteiger partial charge in [0.15, 0.2) is 0 Å². The minimum Gasteiger partial charge on any atom is -0.376 e. The zero-order chi connectivity index (χ0) is 99.9. The zero-order valence-corrected chi connectivity index (χ0v) is 87.0. The van der Waals surface area contributed by atoms with Gasteiger partial charge in [0.2, 0.25) is 0 Å². The van der Waals surface area contributed by atoms with Crippen molar-refractivity contribution in [3.8, 4) is 0 Å². The highest BCUT2D eigenvalue weighted by molar-refractivity contribution is 8.01. The molecule has 0 fully saturated rings. The predicted octanol–water partition coefficient (Wildman–Crippen LogP) is 34.6. The Balaban J connectivity index is 0.000000805. The maximum Gasteiger partial charge on any atom is 0.418 e. The van der Waals surface area contributed by atoms with Crippen LogP contribution < -0.4 is 31.9 Å². The van der Waals surface area contributed by atoms with Crippen molar-refractivity contribution < 1.29 is 51.5 Å². The molecule has 0 heterocycles. The van der Waals surface area contributed by atoms with Crippen LogP contribution in [0.25, 0.3) is 0 Å². The van der Waals surface area contributed by atoms with Crippen LogP contribution in [0.4, 0.5) is 90.2 Å². The van der Waals surface area contributed by atoms with Crippen LogP contribution in [-0.2, 0) is 6.18 Å². The summed E-state index contributed by atoms with van der Waals surface area (Å²) in [6, 6.07) is 26.9. The Hall–Kier alpha value is -7.73. The third-order valence-electron chi connectivity index (χ3n) is 21.9. The second-order valence-corrected chi connectivity index (χ2v) is 40.7. The topological polar surface area (TPSA) is 331 Å². The van der Waals surface area contributed by atoms with Crippen molar-refractivity contribution in [1.82, 2.24) is 0 Å². The number of nitro benzene ring substituents is 6. The van der Waals surface area contributed by atoms with Gasteiger partial charge in [-0.15, -0.1) is 70.6 Å². The first-order chi connectivity index (χ1) is 64.2. The first-order valence-electron chi connectivity index (χ1n) is 48.4. The second-order valence-electron chi connectivity index (χ2n) is 33.0. The smallest absolute Gasteiger partial charge is 0.376 e. The van der Waals surface area contributed by atoms with Gasteiger partial charge in [-0.1, -0.05) is 243 Å². The molecule has 6 aromatic rings. The van der Waals surface area contributed by atoms with E-state index in [0.717, 1.165) is 117 Å². The molecule has 0 saturated heterocycles. The SMILES string of the molecule is CCCCCCC[C@@H](CC)SCNc1cc(C)cc(C)c1.CCCCCCC[C@@H](CC)SCNc1cc(F)cc(F)c1.CCCCCCC[C@@H](CC)SCNc1cc([N+](=O)[O-])cc([N+](=O)[O-])c1.CCCCC[C@@H](CC)SCNc1ccc([N+](=O)[O-])cc1.CCCCC[C@@H](CC)SCNc1ccc([N+](=O)[O-])cc1C(F)(F)F.CCCCC[C@@H](CC)SCNc1ccc([N+](=O)[O-])cc1[N+](=O)[O-]. The summed E-state index contributed by atoms with van der Waals surface area (Å²) in [5.41, 5.74) is 3.47. The quantitative estimate of drug-likeness (QED) is 0.00679. The fourth-order valence-electron chi connectivity index (χ4n) is 14.0. The highest BCUT2D eigenvalue weighted by Crippen LogP contribution is 2.39. The Morgan fingerprint density at radius 2 is 0.545 bits per heavy atom. The van der Waals surface area contributed by atoms with Crippen LogP contribution in [0.3, 0.4) is 0 Å². The van der Waals surface area contributed by atoms with Crippen molar-refractivity contribution in [3.63, 3.8) is 0 Å². The lowest BCUT2D eigenvalue weighted by Gasteiger charge is -2.17. The number of unbranched alkanes of at least 4 members (excludes halogenated alkanes) is 18. The molecular formula is C99H157F5N12O12S6. The summed E-state index contributed by atoms with van der Waals surface area (Å²) < 4.78 is 65.4. The third-order valence-corrected chi connectivity index (χ3v) is 30.1. The Kier molecular flexibility index (Phi) is 71.6. The standard InChI is InChI=1S/C19H33NS.C17H27F2NS.C17H27N3O4S.C16H23F3N2O2S.C15H23N3O4S.C15H24N2O2S/c1-5-7-8-9-10-11-19(6-2)21-15-20-18-13-16(3)12-17(4)14-18;1-3-5-6-7-8-9-17(4-2)21-13-20-16-11-14(18)10-15(19)12-16;1-3-5-6-7-8-9-17(4-2)25-13-18-14-10-15(19(21)22)12-16(11-14)20(23)24;1-3-5-6-7-13(4-2)24-11-20-15-9-8-12(21(22)23)10-14(15)16(17,18)19;1-3-5-6-7-13(4-2)23-11-16-14-9-8-12(17(19)20)10-15(14)18(21)22;1-3-5-6-7-15(4-2)20-12-16-13-8-10-14(11-9-13)17(18)19/h12-14,19-20H,5-11,15H2,1-4H3;10-12,17,20H,3-9,13H2,1-2H3;10-12,17-18H,3-9,13H2,1-2H3;8-10,13,20H,3-7,11H2,1-2H3;8-10,13,16H,3-7,11H2,1-2H3;8-11,15-16H,3-7,12H2,1-2H3/t19-;2*17-;2*13-;15-/m111111/s1. The fourth-order valence-corrected chi connectivity index (χ4v) is 20.3. The molecule has 0 aliphatic heterocycles. The van der Waals surface area contributed by atoms with Gasteiger partial charge in [-0.3, -0.25) is 60.7 Å². The third kappa shape index (κ3) is 59.4. The van der Waals surface area contributed by atoms with E-state index in [0.29, 0.717) is 72.9 Å². The Morgan fingerprint density at radius 1 is 0.276 bits per heavy atom. The fraction of sp³-hybridized carbons (Fsp3) is 0.636. The average molecular weight is 1990 g/mol. The van der Waals surface area contributed by atoms with Crippen LogP contribution in [0.5, 0.6) is 0 Å². The first-order valence-corrected chi connectivity index (χ1v) is 54.7. The molecule has 0 radical (unpaired) electrons. The molecule has 0 aliphatic rings. The maximum atomic E-state index is 13.1. The lowest BCUT2D eigenvalue weighted by molar-refractivity contribution is -0.394. The van der Waals surface area contributed by atoms with Gasteiger partial charge in [0, 0.05) is 108 Å². The molecule has 6 aromatic carbocycles. The summed E-state index contributed by atoms with van der Waals surface area (Å²) in [5.74, 6) is 2.95. The normalized spacial score (nSPS) is 12.3. The molecule has 0 saturated carbocycles. The van der Waals surface area contributed by atoms with E-state index < -0.39 is 53.7 Å². The minimum atomic E-state index is -4.63. The molecular weight excluding hydrogens is 1840 g/mol. The number of non-ortho nitro benzene ring substituents is 5. The van der Waals surface area contributed by atoms with E-state index in [1.807, 2.05) is 23.5 Å².